The van der Waals surface area contributed by atoms with E-state index in [9.17, 15) is 14.4 Å². The van der Waals surface area contributed by atoms with Crippen molar-refractivity contribution >= 4 is 17.9 Å². The number of esters is 3. The van der Waals surface area contributed by atoms with Crippen molar-refractivity contribution in [2.45, 2.75) is 322 Å². The Bertz CT molecular complexity index is 1510. The van der Waals surface area contributed by atoms with Crippen LogP contribution in [0.25, 0.3) is 0 Å². The molecule has 1 atom stereocenters. The quantitative estimate of drug-likeness (QED) is 0.0261. The molecule has 0 radical (unpaired) electrons. The van der Waals surface area contributed by atoms with E-state index >= 15 is 0 Å². The maximum Gasteiger partial charge on any atom is 0.306 e. The molecule has 77 heavy (non-hydrogen) atoms. The first-order valence-electron chi connectivity index (χ1n) is 32.7. The predicted octanol–water partition coefficient (Wildman–Crippen LogP) is 22.4. The van der Waals surface area contributed by atoms with Crippen LogP contribution in [0.5, 0.6) is 0 Å². The van der Waals surface area contributed by atoms with Crippen molar-refractivity contribution in [3.8, 4) is 0 Å². The Morgan fingerprint density at radius 2 is 0.506 bits per heavy atom. The highest BCUT2D eigenvalue weighted by Gasteiger charge is 2.19. The van der Waals surface area contributed by atoms with Crippen LogP contribution in [-0.4, -0.2) is 37.2 Å². The Balaban J connectivity index is 4.21. The molecule has 442 valence electrons. The van der Waals surface area contributed by atoms with Crippen molar-refractivity contribution in [1.29, 1.82) is 0 Å². The molecule has 0 aromatic heterocycles. The molecule has 0 heterocycles. The van der Waals surface area contributed by atoms with Crippen LogP contribution in [0.15, 0.2) is 97.2 Å². The molecule has 0 aliphatic carbocycles. The Morgan fingerprint density at radius 3 is 0.818 bits per heavy atom. The molecule has 0 amide bonds. The molecule has 1 unspecified atom stereocenters. The van der Waals surface area contributed by atoms with Gasteiger partial charge in [-0.25, -0.2) is 0 Å². The second-order valence-electron chi connectivity index (χ2n) is 21.6. The Labute approximate surface area is 477 Å². The van der Waals surface area contributed by atoms with Gasteiger partial charge in [-0.1, -0.05) is 291 Å². The lowest BCUT2D eigenvalue weighted by Gasteiger charge is -2.18. The average Bonchev–Trinajstić information content (AvgIpc) is 3.43. The molecular weight excluding hydrogens is 949 g/mol. The van der Waals surface area contributed by atoms with Crippen LogP contribution in [0.3, 0.4) is 0 Å². The maximum absolute atomic E-state index is 12.9. The van der Waals surface area contributed by atoms with Gasteiger partial charge in [-0.15, -0.1) is 0 Å². The SMILES string of the molecule is CC/C=C\C/C=C\C/C=C\C/C=C\C/C=C\C/C=C\CCCCCCCCCCCCCCC(=O)OCC(COC(=O)CCCCCCCCCCCCC)OC(=O)CCCCCCCCC/C=C\C/C=C\CCCCC. The molecule has 0 fully saturated rings. The second-order valence-corrected chi connectivity index (χ2v) is 21.6. The normalized spacial score (nSPS) is 12.7. The van der Waals surface area contributed by atoms with Gasteiger partial charge in [-0.3, -0.25) is 14.4 Å². The summed E-state index contributed by atoms with van der Waals surface area (Å²) in [7, 11) is 0. The first kappa shape index (κ1) is 73.3. The van der Waals surface area contributed by atoms with Crippen molar-refractivity contribution in [2.75, 3.05) is 13.2 Å². The molecule has 0 aliphatic rings. The van der Waals surface area contributed by atoms with Gasteiger partial charge in [0.25, 0.3) is 0 Å². The standard InChI is InChI=1S/C71H122O6/c1-4-7-10-13-16-19-22-24-26-28-29-30-31-32-33-34-35-36-37-38-39-40-41-43-44-46-49-52-55-58-61-64-70(73)76-67-68(66-75-69(72)63-60-57-54-51-48-21-18-15-12-9-6-3)77-71(74)65-62-59-56-53-50-47-45-42-27-25-23-20-17-14-11-8-5-2/h7,10,16-17,19-20,24-27,29-30,32-33,35-36,68H,4-6,8-9,11-15,18,21-23,28,31,34,37-67H2,1-3H3/b10-7-,19-16-,20-17-,26-24-,27-25-,30-29-,33-32-,36-35-. The first-order valence-corrected chi connectivity index (χ1v) is 32.7. The average molecular weight is 1070 g/mol. The second kappa shape index (κ2) is 64.9. The number of hydrogen-bond acceptors (Lipinski definition) is 6. The zero-order valence-corrected chi connectivity index (χ0v) is 50.7. The number of hydrogen-bond donors (Lipinski definition) is 0. The smallest absolute Gasteiger partial charge is 0.306 e. The largest absolute Gasteiger partial charge is 0.462 e. The molecule has 0 rings (SSSR count). The van der Waals surface area contributed by atoms with E-state index in [0.29, 0.717) is 19.3 Å². The maximum atomic E-state index is 12.9. The van der Waals surface area contributed by atoms with E-state index < -0.39 is 6.10 Å². The van der Waals surface area contributed by atoms with Gasteiger partial charge in [-0.2, -0.15) is 0 Å². The van der Waals surface area contributed by atoms with Crippen molar-refractivity contribution in [2.24, 2.45) is 0 Å². The molecule has 0 bridgehead atoms. The zero-order valence-electron chi connectivity index (χ0n) is 50.7. The summed E-state index contributed by atoms with van der Waals surface area (Å²) in [4.78, 5) is 38.3. The monoisotopic (exact) mass is 1070 g/mol. The van der Waals surface area contributed by atoms with Gasteiger partial charge < -0.3 is 14.2 Å². The summed E-state index contributed by atoms with van der Waals surface area (Å²) in [5.41, 5.74) is 0. The Kier molecular flexibility index (Phi) is 61.8. The Hall–Kier alpha value is -3.67. The van der Waals surface area contributed by atoms with Crippen LogP contribution >= 0.6 is 0 Å². The zero-order chi connectivity index (χ0) is 55.7. The number of carbonyl (C=O) groups excluding carboxylic acids is 3. The van der Waals surface area contributed by atoms with Crippen LogP contribution in [0, 0.1) is 0 Å². The third-order valence-electron chi connectivity index (χ3n) is 14.1. The number of rotatable bonds is 59. The van der Waals surface area contributed by atoms with Crippen LogP contribution in [0.1, 0.15) is 316 Å². The lowest BCUT2D eigenvalue weighted by atomic mass is 10.0. The fourth-order valence-electron chi connectivity index (χ4n) is 9.18. The minimum absolute atomic E-state index is 0.0775. The summed E-state index contributed by atoms with van der Waals surface area (Å²) in [5.74, 6) is -0.877. The van der Waals surface area contributed by atoms with Crippen molar-refractivity contribution in [3.63, 3.8) is 0 Å². The van der Waals surface area contributed by atoms with Crippen LogP contribution in [0.4, 0.5) is 0 Å². The summed E-state index contributed by atoms with van der Waals surface area (Å²) >= 11 is 0. The molecule has 0 spiro atoms. The third kappa shape index (κ3) is 63.0. The van der Waals surface area contributed by atoms with E-state index in [4.69, 9.17) is 14.2 Å². The molecule has 0 aromatic carbocycles. The van der Waals surface area contributed by atoms with Crippen molar-refractivity contribution in [1.82, 2.24) is 0 Å². The topological polar surface area (TPSA) is 78.9 Å². The van der Waals surface area contributed by atoms with E-state index in [1.165, 1.54) is 167 Å². The number of carbonyl (C=O) groups is 3. The summed E-state index contributed by atoms with van der Waals surface area (Å²) in [5, 5.41) is 0. The van der Waals surface area contributed by atoms with Gasteiger partial charge in [-0.05, 0) is 103 Å². The summed E-state index contributed by atoms with van der Waals surface area (Å²) in [6.45, 7) is 6.51. The van der Waals surface area contributed by atoms with Gasteiger partial charge in [0.05, 0.1) is 0 Å². The van der Waals surface area contributed by atoms with E-state index in [1.807, 2.05) is 0 Å². The minimum Gasteiger partial charge on any atom is -0.462 e. The first-order chi connectivity index (χ1) is 38.0. The van der Waals surface area contributed by atoms with E-state index in [1.54, 1.807) is 0 Å². The fraction of sp³-hybridized carbons (Fsp3) is 0.732. The van der Waals surface area contributed by atoms with E-state index in [2.05, 4.69) is 118 Å². The molecule has 0 aromatic rings. The molecule has 0 saturated heterocycles. The van der Waals surface area contributed by atoms with Gasteiger partial charge in [0.1, 0.15) is 13.2 Å². The molecule has 6 heteroatoms. The van der Waals surface area contributed by atoms with E-state index in [0.717, 1.165) is 109 Å². The number of allylic oxidation sites excluding steroid dienone is 16. The third-order valence-corrected chi connectivity index (χ3v) is 14.1. The predicted molar refractivity (Wildman–Crippen MR) is 334 cm³/mol. The summed E-state index contributed by atoms with van der Waals surface area (Å²) < 4.78 is 16.9. The summed E-state index contributed by atoms with van der Waals surface area (Å²) in [6, 6.07) is 0. The van der Waals surface area contributed by atoms with Gasteiger partial charge in [0.15, 0.2) is 6.10 Å². The molecule has 0 N–H and O–H groups in total. The molecule has 0 saturated carbocycles. The van der Waals surface area contributed by atoms with Gasteiger partial charge in [0.2, 0.25) is 0 Å². The van der Waals surface area contributed by atoms with Crippen LogP contribution in [0.2, 0.25) is 0 Å². The van der Waals surface area contributed by atoms with Crippen molar-refractivity contribution in [3.05, 3.63) is 97.2 Å². The fourth-order valence-corrected chi connectivity index (χ4v) is 9.18. The van der Waals surface area contributed by atoms with Gasteiger partial charge in [0, 0.05) is 19.3 Å². The van der Waals surface area contributed by atoms with Crippen LogP contribution < -0.4 is 0 Å². The number of unbranched alkanes of at least 4 members (excludes halogenated alkanes) is 32. The lowest BCUT2D eigenvalue weighted by molar-refractivity contribution is -0.167. The van der Waals surface area contributed by atoms with Crippen LogP contribution in [-0.2, 0) is 28.6 Å². The number of ether oxygens (including phenoxy) is 3. The molecular formula is C71H122O6. The van der Waals surface area contributed by atoms with E-state index in [-0.39, 0.29) is 31.1 Å². The summed E-state index contributed by atoms with van der Waals surface area (Å²) in [6.07, 6.45) is 87.0. The van der Waals surface area contributed by atoms with Crippen molar-refractivity contribution < 1.29 is 28.6 Å². The lowest BCUT2D eigenvalue weighted by Crippen LogP contribution is -2.30. The minimum atomic E-state index is -0.781. The highest BCUT2D eigenvalue weighted by atomic mass is 16.6. The highest BCUT2D eigenvalue weighted by Crippen LogP contribution is 2.16. The Morgan fingerprint density at radius 1 is 0.273 bits per heavy atom. The highest BCUT2D eigenvalue weighted by molar-refractivity contribution is 5.71. The van der Waals surface area contributed by atoms with Gasteiger partial charge >= 0.3 is 17.9 Å². The molecule has 6 nitrogen and oxygen atoms in total. The molecule has 0 aliphatic heterocycles.